The fraction of sp³-hybridized carbons (Fsp3) is 0.167. The Kier molecular flexibility index (Phi) is 3.38. The molecule has 0 aliphatic heterocycles. The summed E-state index contributed by atoms with van der Waals surface area (Å²) < 4.78 is 0. The molecule has 0 N–H and O–H groups in total. The molecule has 0 radical (unpaired) electrons. The molecule has 0 amide bonds. The number of oxime groups is 1. The Hall–Kier alpha value is -2.35. The summed E-state index contributed by atoms with van der Waals surface area (Å²) in [6.45, 7) is 2.14. The Morgan fingerprint density at radius 2 is 1.90 bits per heavy atom. The van der Waals surface area contributed by atoms with Crippen LogP contribution in [0.5, 0.6) is 0 Å². The molecule has 2 nitrogen and oxygen atoms in total. The largest absolute Gasteiger partial charge is 0.399 e. The SMILES string of the molecule is CON=Cc1cc2ccccc2cc1C1=CC(C)=CC1. The minimum absolute atomic E-state index is 0.984. The van der Waals surface area contributed by atoms with Crippen LogP contribution in [0, 0.1) is 0 Å². The first-order valence-electron chi connectivity index (χ1n) is 6.75. The van der Waals surface area contributed by atoms with Gasteiger partial charge in [0.1, 0.15) is 7.11 Å². The van der Waals surface area contributed by atoms with Gasteiger partial charge in [0.15, 0.2) is 0 Å². The van der Waals surface area contributed by atoms with Gasteiger partial charge in [-0.25, -0.2) is 0 Å². The maximum atomic E-state index is 4.83. The zero-order chi connectivity index (χ0) is 13.9. The molecule has 0 aromatic heterocycles. The average Bonchev–Trinajstić information content (AvgIpc) is 2.90. The number of hydrogen-bond acceptors (Lipinski definition) is 2. The van der Waals surface area contributed by atoms with Gasteiger partial charge in [-0.3, -0.25) is 0 Å². The quantitative estimate of drug-likeness (QED) is 0.588. The van der Waals surface area contributed by atoms with Gasteiger partial charge < -0.3 is 4.84 Å². The zero-order valence-electron chi connectivity index (χ0n) is 11.8. The molecule has 0 fully saturated rings. The molecule has 100 valence electrons. The van der Waals surface area contributed by atoms with E-state index in [4.69, 9.17) is 4.84 Å². The third kappa shape index (κ3) is 2.37. The van der Waals surface area contributed by atoms with Crippen LogP contribution >= 0.6 is 0 Å². The molecule has 0 bridgehead atoms. The highest BCUT2D eigenvalue weighted by molar-refractivity contribution is 5.97. The number of benzene rings is 2. The third-order valence-corrected chi connectivity index (χ3v) is 3.61. The van der Waals surface area contributed by atoms with Crippen LogP contribution in [0.2, 0.25) is 0 Å². The van der Waals surface area contributed by atoms with Crippen molar-refractivity contribution in [2.45, 2.75) is 13.3 Å². The van der Waals surface area contributed by atoms with E-state index >= 15 is 0 Å². The first-order valence-corrected chi connectivity index (χ1v) is 6.75. The highest BCUT2D eigenvalue weighted by Crippen LogP contribution is 2.31. The Bertz CT molecular complexity index is 738. The van der Waals surface area contributed by atoms with Gasteiger partial charge in [-0.05, 0) is 47.4 Å². The van der Waals surface area contributed by atoms with E-state index in [0.29, 0.717) is 0 Å². The van der Waals surface area contributed by atoms with E-state index in [2.05, 4.69) is 60.6 Å². The van der Waals surface area contributed by atoms with Crippen LogP contribution in [0.15, 0.2) is 59.3 Å². The third-order valence-electron chi connectivity index (χ3n) is 3.61. The highest BCUT2D eigenvalue weighted by atomic mass is 16.6. The molecule has 2 heteroatoms. The van der Waals surface area contributed by atoms with Gasteiger partial charge in [0.05, 0.1) is 6.21 Å². The standard InChI is InChI=1S/C18H17NO/c1-13-7-8-16(9-13)18-11-15-6-4-3-5-14(15)10-17(18)12-19-20-2/h3-7,9-12H,8H2,1-2H3. The van der Waals surface area contributed by atoms with Gasteiger partial charge in [0.25, 0.3) is 0 Å². The lowest BCUT2D eigenvalue weighted by molar-refractivity contribution is 0.215. The summed E-state index contributed by atoms with van der Waals surface area (Å²) in [5, 5.41) is 6.40. The topological polar surface area (TPSA) is 21.6 Å². The van der Waals surface area contributed by atoms with E-state index in [1.807, 2.05) is 0 Å². The molecule has 0 unspecified atom stereocenters. The van der Waals surface area contributed by atoms with Crippen molar-refractivity contribution in [3.05, 3.63) is 65.3 Å². The molecule has 1 aliphatic rings. The number of nitrogens with zero attached hydrogens (tertiary/aromatic N) is 1. The van der Waals surface area contributed by atoms with Crippen molar-refractivity contribution in [2.24, 2.45) is 5.16 Å². The average molecular weight is 263 g/mol. The van der Waals surface area contributed by atoms with E-state index < -0.39 is 0 Å². The van der Waals surface area contributed by atoms with Crippen molar-refractivity contribution >= 4 is 22.6 Å². The fourth-order valence-electron chi connectivity index (χ4n) is 2.60. The zero-order valence-corrected chi connectivity index (χ0v) is 11.8. The van der Waals surface area contributed by atoms with E-state index in [9.17, 15) is 0 Å². The van der Waals surface area contributed by atoms with Crippen LogP contribution in [0.3, 0.4) is 0 Å². The minimum atomic E-state index is 0.984. The molecular weight excluding hydrogens is 246 g/mol. The maximum absolute atomic E-state index is 4.83. The molecular formula is C18H17NO. The summed E-state index contributed by atoms with van der Waals surface area (Å²) in [5.74, 6) is 0. The fourth-order valence-corrected chi connectivity index (χ4v) is 2.60. The lowest BCUT2D eigenvalue weighted by Gasteiger charge is -2.09. The molecule has 0 heterocycles. The number of rotatable bonds is 3. The molecule has 20 heavy (non-hydrogen) atoms. The second kappa shape index (κ2) is 5.33. The number of allylic oxidation sites excluding steroid dienone is 4. The predicted molar refractivity (Wildman–Crippen MR) is 84.9 cm³/mol. The first-order chi connectivity index (χ1) is 9.78. The second-order valence-electron chi connectivity index (χ2n) is 5.03. The Labute approximate surface area is 119 Å². The Morgan fingerprint density at radius 1 is 1.15 bits per heavy atom. The van der Waals surface area contributed by atoms with E-state index in [1.54, 1.807) is 13.3 Å². The van der Waals surface area contributed by atoms with E-state index in [0.717, 1.165) is 12.0 Å². The molecule has 3 rings (SSSR count). The van der Waals surface area contributed by atoms with Crippen LogP contribution in [0.1, 0.15) is 24.5 Å². The van der Waals surface area contributed by atoms with Crippen molar-refractivity contribution in [2.75, 3.05) is 7.11 Å². The molecule has 2 aromatic rings. The lowest BCUT2D eigenvalue weighted by atomic mass is 9.95. The maximum Gasteiger partial charge on any atom is 0.106 e. The molecule has 1 aliphatic carbocycles. The second-order valence-corrected chi connectivity index (χ2v) is 5.03. The summed E-state index contributed by atoms with van der Waals surface area (Å²) in [5.41, 5.74) is 4.99. The van der Waals surface area contributed by atoms with Crippen LogP contribution in [0.4, 0.5) is 0 Å². The van der Waals surface area contributed by atoms with Gasteiger partial charge in [0.2, 0.25) is 0 Å². The minimum Gasteiger partial charge on any atom is -0.399 e. The van der Waals surface area contributed by atoms with Gasteiger partial charge in [-0.15, -0.1) is 0 Å². The highest BCUT2D eigenvalue weighted by Gasteiger charge is 2.11. The van der Waals surface area contributed by atoms with Crippen LogP contribution in [-0.2, 0) is 4.84 Å². The summed E-state index contributed by atoms with van der Waals surface area (Å²) in [7, 11) is 1.57. The van der Waals surface area contributed by atoms with E-state index in [-0.39, 0.29) is 0 Å². The van der Waals surface area contributed by atoms with Crippen LogP contribution < -0.4 is 0 Å². The summed E-state index contributed by atoms with van der Waals surface area (Å²) in [4.78, 5) is 4.83. The van der Waals surface area contributed by atoms with Gasteiger partial charge in [0, 0.05) is 5.56 Å². The van der Waals surface area contributed by atoms with Gasteiger partial charge in [-0.2, -0.15) is 0 Å². The molecule has 0 spiro atoms. The van der Waals surface area contributed by atoms with Crippen molar-refractivity contribution in [1.82, 2.24) is 0 Å². The van der Waals surface area contributed by atoms with Crippen molar-refractivity contribution in [1.29, 1.82) is 0 Å². The number of hydrogen-bond donors (Lipinski definition) is 0. The molecule has 0 saturated carbocycles. The summed E-state index contributed by atoms with van der Waals surface area (Å²) in [6.07, 6.45) is 7.27. The Balaban J connectivity index is 2.17. The van der Waals surface area contributed by atoms with Gasteiger partial charge >= 0.3 is 0 Å². The Morgan fingerprint density at radius 3 is 2.55 bits per heavy atom. The first kappa shape index (κ1) is 12.7. The lowest BCUT2D eigenvalue weighted by Crippen LogP contribution is -1.93. The van der Waals surface area contributed by atoms with Crippen molar-refractivity contribution in [3.8, 4) is 0 Å². The monoisotopic (exact) mass is 263 g/mol. The normalized spacial score (nSPS) is 14.7. The molecule has 0 saturated heterocycles. The molecule has 0 atom stereocenters. The predicted octanol–water partition coefficient (Wildman–Crippen LogP) is 4.55. The summed E-state index contributed by atoms with van der Waals surface area (Å²) in [6, 6.07) is 12.8. The van der Waals surface area contributed by atoms with Crippen LogP contribution in [0.25, 0.3) is 16.3 Å². The summed E-state index contributed by atoms with van der Waals surface area (Å²) >= 11 is 0. The van der Waals surface area contributed by atoms with Gasteiger partial charge in [-0.1, -0.05) is 47.1 Å². The van der Waals surface area contributed by atoms with Crippen molar-refractivity contribution < 1.29 is 4.84 Å². The van der Waals surface area contributed by atoms with E-state index in [1.165, 1.54) is 27.5 Å². The van der Waals surface area contributed by atoms with Crippen LogP contribution in [-0.4, -0.2) is 13.3 Å². The smallest absolute Gasteiger partial charge is 0.106 e. The number of fused-ring (bicyclic) bond motifs is 1. The van der Waals surface area contributed by atoms with Crippen molar-refractivity contribution in [3.63, 3.8) is 0 Å². The molecule has 2 aromatic carbocycles.